The predicted molar refractivity (Wildman–Crippen MR) is 111 cm³/mol. The van der Waals surface area contributed by atoms with Gasteiger partial charge < -0.3 is 10.8 Å². The first-order valence-corrected chi connectivity index (χ1v) is 8.78. The average molecular weight is 359 g/mol. The molecule has 3 aromatic rings. The SMILES string of the molecule is C.NC1=NCc2ccc(-c3cncc(C[C@@H](CO)c4ccccc4)c3)cc21. The lowest BCUT2D eigenvalue weighted by Crippen LogP contribution is -2.10. The summed E-state index contributed by atoms with van der Waals surface area (Å²) in [5, 5.41) is 9.81. The number of aliphatic imine (C=N–C) groups is 1. The van der Waals surface area contributed by atoms with Crippen LogP contribution < -0.4 is 5.73 Å². The van der Waals surface area contributed by atoms with E-state index in [2.05, 4.69) is 46.4 Å². The third kappa shape index (κ3) is 3.91. The van der Waals surface area contributed by atoms with Crippen molar-refractivity contribution in [3.05, 3.63) is 89.2 Å². The van der Waals surface area contributed by atoms with Crippen molar-refractivity contribution >= 4 is 5.84 Å². The van der Waals surface area contributed by atoms with Crippen LogP contribution >= 0.6 is 0 Å². The summed E-state index contributed by atoms with van der Waals surface area (Å²) in [6.45, 7) is 0.773. The second-order valence-electron chi connectivity index (χ2n) is 6.65. The number of amidine groups is 1. The van der Waals surface area contributed by atoms with E-state index in [1.165, 1.54) is 5.56 Å². The molecule has 1 aliphatic rings. The van der Waals surface area contributed by atoms with Gasteiger partial charge in [0.15, 0.2) is 0 Å². The number of benzene rings is 2. The number of aromatic nitrogens is 1. The van der Waals surface area contributed by atoms with E-state index < -0.39 is 0 Å². The normalized spacial score (nSPS) is 13.4. The molecule has 0 unspecified atom stereocenters. The number of hydrogen-bond donors (Lipinski definition) is 2. The smallest absolute Gasteiger partial charge is 0.126 e. The fourth-order valence-electron chi connectivity index (χ4n) is 3.44. The van der Waals surface area contributed by atoms with Crippen LogP contribution in [0, 0.1) is 0 Å². The maximum Gasteiger partial charge on any atom is 0.126 e. The largest absolute Gasteiger partial charge is 0.396 e. The number of hydrogen-bond acceptors (Lipinski definition) is 4. The molecule has 2 aromatic carbocycles. The van der Waals surface area contributed by atoms with Crippen molar-refractivity contribution in [2.45, 2.75) is 26.3 Å². The van der Waals surface area contributed by atoms with Gasteiger partial charge in [-0.3, -0.25) is 9.98 Å². The Hall–Kier alpha value is -2.98. The van der Waals surface area contributed by atoms with Crippen LogP contribution in [-0.4, -0.2) is 22.5 Å². The molecule has 4 rings (SSSR count). The average Bonchev–Trinajstić information content (AvgIpc) is 3.07. The van der Waals surface area contributed by atoms with Gasteiger partial charge in [-0.2, -0.15) is 0 Å². The highest BCUT2D eigenvalue weighted by Gasteiger charge is 2.15. The van der Waals surface area contributed by atoms with Gasteiger partial charge in [-0.1, -0.05) is 49.9 Å². The summed E-state index contributed by atoms with van der Waals surface area (Å²) in [6, 6.07) is 18.5. The van der Waals surface area contributed by atoms with Crippen molar-refractivity contribution in [1.29, 1.82) is 0 Å². The second kappa shape index (κ2) is 8.14. The highest BCUT2D eigenvalue weighted by atomic mass is 16.3. The summed E-state index contributed by atoms with van der Waals surface area (Å²) in [7, 11) is 0. The van der Waals surface area contributed by atoms with Crippen molar-refractivity contribution in [2.24, 2.45) is 10.7 Å². The molecule has 0 aliphatic carbocycles. The van der Waals surface area contributed by atoms with E-state index in [0.29, 0.717) is 12.4 Å². The van der Waals surface area contributed by atoms with Gasteiger partial charge in [-0.25, -0.2) is 0 Å². The molecule has 0 saturated carbocycles. The molecule has 4 nitrogen and oxygen atoms in total. The third-order valence-corrected chi connectivity index (χ3v) is 4.91. The molecule has 0 amide bonds. The Balaban J connectivity index is 0.00000210. The summed E-state index contributed by atoms with van der Waals surface area (Å²) < 4.78 is 0. The molecule has 0 spiro atoms. The van der Waals surface area contributed by atoms with E-state index in [9.17, 15) is 5.11 Å². The number of nitrogens with two attached hydrogens (primary N) is 1. The monoisotopic (exact) mass is 359 g/mol. The van der Waals surface area contributed by atoms with E-state index in [-0.39, 0.29) is 20.0 Å². The quantitative estimate of drug-likeness (QED) is 0.725. The van der Waals surface area contributed by atoms with Crippen LogP contribution in [0.25, 0.3) is 11.1 Å². The number of rotatable bonds is 5. The molecule has 0 fully saturated rings. The van der Waals surface area contributed by atoms with Gasteiger partial charge in [-0.15, -0.1) is 0 Å². The van der Waals surface area contributed by atoms with Crippen LogP contribution in [0.15, 0.2) is 72.0 Å². The fourth-order valence-corrected chi connectivity index (χ4v) is 3.44. The molecular weight excluding hydrogens is 334 g/mol. The van der Waals surface area contributed by atoms with Crippen LogP contribution in [0.2, 0.25) is 0 Å². The van der Waals surface area contributed by atoms with Gasteiger partial charge in [0, 0.05) is 29.4 Å². The van der Waals surface area contributed by atoms with E-state index in [4.69, 9.17) is 5.73 Å². The first-order valence-electron chi connectivity index (χ1n) is 8.78. The third-order valence-electron chi connectivity index (χ3n) is 4.91. The van der Waals surface area contributed by atoms with Crippen LogP contribution in [0.4, 0.5) is 0 Å². The molecule has 0 radical (unpaired) electrons. The number of fused-ring (bicyclic) bond motifs is 1. The first kappa shape index (κ1) is 18.8. The Morgan fingerprint density at radius 2 is 1.81 bits per heavy atom. The van der Waals surface area contributed by atoms with Crippen molar-refractivity contribution in [2.75, 3.05) is 6.61 Å². The molecule has 1 aromatic heterocycles. The molecule has 138 valence electrons. The summed E-state index contributed by atoms with van der Waals surface area (Å²) in [6.07, 6.45) is 4.48. The Morgan fingerprint density at radius 1 is 1.00 bits per heavy atom. The van der Waals surface area contributed by atoms with Gasteiger partial charge in [0.1, 0.15) is 5.84 Å². The van der Waals surface area contributed by atoms with Gasteiger partial charge in [-0.05, 0) is 40.8 Å². The molecule has 2 heterocycles. The zero-order chi connectivity index (χ0) is 17.9. The minimum absolute atomic E-state index is 0. The van der Waals surface area contributed by atoms with Crippen LogP contribution in [0.5, 0.6) is 0 Å². The van der Waals surface area contributed by atoms with Crippen molar-refractivity contribution in [3.63, 3.8) is 0 Å². The highest BCUT2D eigenvalue weighted by Crippen LogP contribution is 2.27. The summed E-state index contributed by atoms with van der Waals surface area (Å²) in [5.74, 6) is 0.673. The van der Waals surface area contributed by atoms with Gasteiger partial charge >= 0.3 is 0 Å². The molecular formula is C23H25N3O. The van der Waals surface area contributed by atoms with E-state index in [1.54, 1.807) is 0 Å². The zero-order valence-corrected chi connectivity index (χ0v) is 14.5. The maximum atomic E-state index is 9.81. The molecule has 0 bridgehead atoms. The topological polar surface area (TPSA) is 71.5 Å². The highest BCUT2D eigenvalue weighted by molar-refractivity contribution is 6.01. The summed E-state index contributed by atoms with van der Waals surface area (Å²) >= 11 is 0. The molecule has 3 N–H and O–H groups in total. The first-order chi connectivity index (χ1) is 12.7. The Bertz CT molecular complexity index is 951. The van der Waals surface area contributed by atoms with E-state index in [0.717, 1.165) is 34.2 Å². The number of pyridine rings is 1. The number of aliphatic hydroxyl groups is 1. The molecule has 1 atom stereocenters. The number of nitrogens with zero attached hydrogens (tertiary/aromatic N) is 2. The van der Waals surface area contributed by atoms with Gasteiger partial charge in [0.25, 0.3) is 0 Å². The predicted octanol–water partition coefficient (Wildman–Crippen LogP) is 3.92. The zero-order valence-electron chi connectivity index (χ0n) is 14.5. The van der Waals surface area contributed by atoms with Crippen molar-refractivity contribution < 1.29 is 5.11 Å². The van der Waals surface area contributed by atoms with E-state index in [1.807, 2.05) is 30.6 Å². The van der Waals surface area contributed by atoms with Crippen molar-refractivity contribution in [3.8, 4) is 11.1 Å². The lowest BCUT2D eigenvalue weighted by atomic mass is 9.92. The van der Waals surface area contributed by atoms with Crippen molar-refractivity contribution in [1.82, 2.24) is 4.98 Å². The Morgan fingerprint density at radius 3 is 2.59 bits per heavy atom. The summed E-state index contributed by atoms with van der Waals surface area (Å²) in [4.78, 5) is 8.70. The fraction of sp³-hybridized carbons (Fsp3) is 0.217. The number of aliphatic hydroxyl groups excluding tert-OH is 1. The minimum Gasteiger partial charge on any atom is -0.396 e. The van der Waals surface area contributed by atoms with E-state index >= 15 is 0 Å². The van der Waals surface area contributed by atoms with Gasteiger partial charge in [0.05, 0.1) is 13.2 Å². The lowest BCUT2D eigenvalue weighted by Gasteiger charge is -2.15. The van der Waals surface area contributed by atoms with Gasteiger partial charge in [0.2, 0.25) is 0 Å². The molecule has 1 aliphatic heterocycles. The van der Waals surface area contributed by atoms with Crippen LogP contribution in [-0.2, 0) is 13.0 Å². The molecule has 0 saturated heterocycles. The molecule has 4 heteroatoms. The Kier molecular flexibility index (Phi) is 5.67. The molecule has 27 heavy (non-hydrogen) atoms. The standard InChI is InChI=1S/C22H21N3O.CH4/c23-22-21-10-17(6-7-18(21)13-25-22)19-8-15(11-24-12-19)9-20(14-26)16-4-2-1-3-5-16;/h1-8,10-12,20,26H,9,13-14H2,(H2,23,25);1H4/t20-;/m0./s1. The van der Waals surface area contributed by atoms with Crippen LogP contribution in [0.3, 0.4) is 0 Å². The maximum absolute atomic E-state index is 9.81. The Labute approximate surface area is 160 Å². The van der Waals surface area contributed by atoms with Crippen LogP contribution in [0.1, 0.15) is 35.6 Å². The lowest BCUT2D eigenvalue weighted by molar-refractivity contribution is 0.264. The summed E-state index contributed by atoms with van der Waals surface area (Å²) in [5.41, 5.74) is 12.5. The second-order valence-corrected chi connectivity index (χ2v) is 6.65. The minimum atomic E-state index is 0.